The van der Waals surface area contributed by atoms with Crippen molar-refractivity contribution in [1.29, 1.82) is 0 Å². The Morgan fingerprint density at radius 1 is 1.35 bits per heavy atom. The molecule has 0 spiro atoms. The summed E-state index contributed by atoms with van der Waals surface area (Å²) >= 11 is 5.94. The first-order chi connectivity index (χ1) is 12.5. The summed E-state index contributed by atoms with van der Waals surface area (Å²) in [5.41, 5.74) is 0.633. The summed E-state index contributed by atoms with van der Waals surface area (Å²) in [6.45, 7) is 1.24. The fraction of sp³-hybridized carbons (Fsp3) is 0.526. The molecule has 5 nitrogen and oxygen atoms in total. The zero-order valence-electron chi connectivity index (χ0n) is 15.0. The third kappa shape index (κ3) is 4.75. The van der Waals surface area contributed by atoms with E-state index in [-0.39, 0.29) is 12.4 Å². The Bertz CT molecular complexity index is 744. The van der Waals surface area contributed by atoms with Crippen LogP contribution in [0.4, 0.5) is 4.39 Å². The minimum absolute atomic E-state index is 0.0708. The molecule has 3 rings (SSSR count). The quantitative estimate of drug-likeness (QED) is 0.732. The Hall–Kier alpha value is -1.63. The van der Waals surface area contributed by atoms with Crippen molar-refractivity contribution in [2.45, 2.75) is 57.4 Å². The fourth-order valence-corrected chi connectivity index (χ4v) is 3.59. The molecule has 1 aromatic heterocycles. The fourth-order valence-electron chi connectivity index (χ4n) is 3.40. The van der Waals surface area contributed by atoms with E-state index in [0.29, 0.717) is 36.0 Å². The lowest BCUT2D eigenvalue weighted by Crippen LogP contribution is -2.26. The Labute approximate surface area is 158 Å². The molecule has 0 amide bonds. The van der Waals surface area contributed by atoms with Crippen molar-refractivity contribution in [2.24, 2.45) is 0 Å². The summed E-state index contributed by atoms with van der Waals surface area (Å²) in [5, 5.41) is 18.6. The smallest absolute Gasteiger partial charge is 0.212 e. The second kappa shape index (κ2) is 8.37. The Kier molecular flexibility index (Phi) is 6.16. The van der Waals surface area contributed by atoms with Gasteiger partial charge in [-0.25, -0.2) is 9.07 Å². The van der Waals surface area contributed by atoms with Gasteiger partial charge >= 0.3 is 0 Å². The molecule has 0 unspecified atom stereocenters. The first kappa shape index (κ1) is 19.1. The number of halogens is 2. The highest BCUT2D eigenvalue weighted by atomic mass is 35.5. The van der Waals surface area contributed by atoms with E-state index < -0.39 is 5.60 Å². The van der Waals surface area contributed by atoms with Crippen LogP contribution < -0.4 is 10.1 Å². The number of benzene rings is 1. The van der Waals surface area contributed by atoms with Crippen LogP contribution >= 0.6 is 11.6 Å². The maximum absolute atomic E-state index is 13.9. The summed E-state index contributed by atoms with van der Waals surface area (Å²) in [7, 11) is 1.85. The van der Waals surface area contributed by atoms with Gasteiger partial charge in [0.15, 0.2) is 0 Å². The zero-order chi connectivity index (χ0) is 18.6. The van der Waals surface area contributed by atoms with E-state index in [2.05, 4.69) is 10.4 Å². The third-order valence-electron chi connectivity index (χ3n) is 4.86. The number of aliphatic hydroxyl groups is 1. The number of rotatable bonds is 8. The van der Waals surface area contributed by atoms with Crippen LogP contribution in [-0.4, -0.2) is 27.5 Å². The maximum Gasteiger partial charge on any atom is 0.212 e. The van der Waals surface area contributed by atoms with Crippen LogP contribution in [-0.2, 0) is 19.7 Å². The molecule has 0 saturated heterocycles. The van der Waals surface area contributed by atoms with Gasteiger partial charge in [0, 0.05) is 29.7 Å². The topological polar surface area (TPSA) is 59.3 Å². The maximum atomic E-state index is 13.9. The molecule has 1 heterocycles. The van der Waals surface area contributed by atoms with Gasteiger partial charge in [0.25, 0.3) is 0 Å². The first-order valence-electron chi connectivity index (χ1n) is 8.99. The SMILES string of the molecule is CNCc1cc(OCc2cc(Cl)ccc2F)n(CCC2(O)CCCC2)n1. The number of hydrogen-bond acceptors (Lipinski definition) is 4. The highest BCUT2D eigenvalue weighted by Gasteiger charge is 2.31. The summed E-state index contributed by atoms with van der Waals surface area (Å²) in [6.07, 6.45) is 4.44. The normalized spacial score (nSPS) is 16.2. The first-order valence-corrected chi connectivity index (χ1v) is 9.37. The van der Waals surface area contributed by atoms with Gasteiger partial charge in [0.05, 0.1) is 11.3 Å². The van der Waals surface area contributed by atoms with Crippen molar-refractivity contribution in [3.63, 3.8) is 0 Å². The number of aromatic nitrogens is 2. The zero-order valence-corrected chi connectivity index (χ0v) is 15.7. The molecule has 1 aliphatic carbocycles. The van der Waals surface area contributed by atoms with Crippen LogP contribution in [0.1, 0.15) is 43.4 Å². The van der Waals surface area contributed by atoms with Gasteiger partial charge in [0.1, 0.15) is 12.4 Å². The van der Waals surface area contributed by atoms with Gasteiger partial charge in [-0.05, 0) is 44.5 Å². The van der Waals surface area contributed by atoms with Gasteiger partial charge in [-0.2, -0.15) is 5.10 Å². The molecule has 0 bridgehead atoms. The molecule has 1 aliphatic rings. The molecular weight excluding hydrogens is 357 g/mol. The Balaban J connectivity index is 1.71. The van der Waals surface area contributed by atoms with Crippen LogP contribution in [0.5, 0.6) is 5.88 Å². The Morgan fingerprint density at radius 3 is 2.85 bits per heavy atom. The van der Waals surface area contributed by atoms with Gasteiger partial charge < -0.3 is 15.2 Å². The molecule has 1 aromatic carbocycles. The highest BCUT2D eigenvalue weighted by molar-refractivity contribution is 6.30. The van der Waals surface area contributed by atoms with E-state index in [4.69, 9.17) is 16.3 Å². The molecular formula is C19H25ClFN3O2. The molecule has 0 radical (unpaired) electrons. The molecule has 142 valence electrons. The van der Waals surface area contributed by atoms with Gasteiger partial charge in [-0.3, -0.25) is 0 Å². The van der Waals surface area contributed by atoms with E-state index in [1.807, 2.05) is 13.1 Å². The minimum Gasteiger partial charge on any atom is -0.473 e. The van der Waals surface area contributed by atoms with Crippen molar-refractivity contribution in [3.8, 4) is 5.88 Å². The third-order valence-corrected chi connectivity index (χ3v) is 5.09. The average Bonchev–Trinajstić information content (AvgIpc) is 3.21. The second-order valence-corrected chi connectivity index (χ2v) is 7.37. The second-order valence-electron chi connectivity index (χ2n) is 6.93. The lowest BCUT2D eigenvalue weighted by molar-refractivity contribution is 0.0326. The van der Waals surface area contributed by atoms with Crippen LogP contribution in [0, 0.1) is 5.82 Å². The summed E-state index contributed by atoms with van der Waals surface area (Å²) < 4.78 is 21.5. The number of aryl methyl sites for hydroxylation is 1. The Morgan fingerprint density at radius 2 is 2.12 bits per heavy atom. The van der Waals surface area contributed by atoms with E-state index in [0.717, 1.165) is 31.4 Å². The minimum atomic E-state index is -0.606. The van der Waals surface area contributed by atoms with Crippen LogP contribution in [0.2, 0.25) is 5.02 Å². The predicted octanol–water partition coefficient (Wildman–Crippen LogP) is 3.67. The summed E-state index contributed by atoms with van der Waals surface area (Å²) in [5.74, 6) is 0.215. The van der Waals surface area contributed by atoms with E-state index >= 15 is 0 Å². The molecule has 7 heteroatoms. The van der Waals surface area contributed by atoms with Crippen LogP contribution in [0.15, 0.2) is 24.3 Å². The largest absolute Gasteiger partial charge is 0.473 e. The van der Waals surface area contributed by atoms with Crippen LogP contribution in [0.3, 0.4) is 0 Å². The van der Waals surface area contributed by atoms with E-state index in [1.54, 1.807) is 10.7 Å². The van der Waals surface area contributed by atoms with Gasteiger partial charge in [-0.1, -0.05) is 24.4 Å². The molecule has 2 N–H and O–H groups in total. The summed E-state index contributed by atoms with van der Waals surface area (Å²) in [6, 6.07) is 6.25. The van der Waals surface area contributed by atoms with Gasteiger partial charge in [0.2, 0.25) is 5.88 Å². The number of nitrogens with one attached hydrogen (secondary N) is 1. The molecule has 0 aliphatic heterocycles. The predicted molar refractivity (Wildman–Crippen MR) is 98.8 cm³/mol. The van der Waals surface area contributed by atoms with Crippen molar-refractivity contribution in [1.82, 2.24) is 15.1 Å². The number of ether oxygens (including phenoxy) is 1. The monoisotopic (exact) mass is 381 g/mol. The molecule has 1 fully saturated rings. The number of hydrogen-bond donors (Lipinski definition) is 2. The molecule has 26 heavy (non-hydrogen) atoms. The van der Waals surface area contributed by atoms with Crippen LogP contribution in [0.25, 0.3) is 0 Å². The average molecular weight is 382 g/mol. The number of nitrogens with zero attached hydrogens (tertiary/aromatic N) is 2. The van der Waals surface area contributed by atoms with E-state index in [1.165, 1.54) is 12.1 Å². The lowest BCUT2D eigenvalue weighted by Gasteiger charge is -2.22. The van der Waals surface area contributed by atoms with Crippen molar-refractivity contribution in [2.75, 3.05) is 7.05 Å². The lowest BCUT2D eigenvalue weighted by atomic mass is 9.98. The summed E-state index contributed by atoms with van der Waals surface area (Å²) in [4.78, 5) is 0. The van der Waals surface area contributed by atoms with Crippen molar-refractivity contribution >= 4 is 11.6 Å². The standard InChI is InChI=1S/C19H25ClFN3O2/c1-22-12-16-11-18(26-13-14-10-15(20)4-5-17(14)21)24(23-16)9-8-19(25)6-2-3-7-19/h4-5,10-11,22,25H,2-3,6-9,12-13H2,1H3. The highest BCUT2D eigenvalue weighted by Crippen LogP contribution is 2.33. The van der Waals surface area contributed by atoms with Crippen molar-refractivity contribution < 1.29 is 14.2 Å². The van der Waals surface area contributed by atoms with E-state index in [9.17, 15) is 9.50 Å². The van der Waals surface area contributed by atoms with Gasteiger partial charge in [-0.15, -0.1) is 0 Å². The molecule has 0 atom stereocenters. The molecule has 1 saturated carbocycles. The molecule has 2 aromatic rings. The van der Waals surface area contributed by atoms with Crippen molar-refractivity contribution in [3.05, 3.63) is 46.4 Å².